The summed E-state index contributed by atoms with van der Waals surface area (Å²) < 4.78 is 0. The monoisotopic (exact) mass is 366 g/mol. The van der Waals surface area contributed by atoms with E-state index in [9.17, 15) is 9.59 Å². The molecule has 0 aromatic heterocycles. The van der Waals surface area contributed by atoms with Crippen molar-refractivity contribution in [3.05, 3.63) is 59.7 Å². The zero-order valence-corrected chi connectivity index (χ0v) is 15.9. The molecule has 27 heavy (non-hydrogen) atoms. The van der Waals surface area contributed by atoms with Gasteiger partial charge in [-0.3, -0.25) is 0 Å². The molecule has 0 bridgehead atoms. The lowest BCUT2D eigenvalue weighted by Crippen LogP contribution is -2.40. The molecular formula is C21H26N4O2. The number of carbonyl (C=O) groups excluding carboxylic acids is 2. The molecule has 6 heteroatoms. The number of aryl methyl sites for hydroxylation is 2. The fourth-order valence-corrected chi connectivity index (χ4v) is 3.00. The normalized spacial score (nSPS) is 14.4. The van der Waals surface area contributed by atoms with E-state index in [1.807, 2.05) is 62.4 Å². The number of benzene rings is 2. The summed E-state index contributed by atoms with van der Waals surface area (Å²) in [6.07, 6.45) is 0.753. The van der Waals surface area contributed by atoms with E-state index in [0.29, 0.717) is 26.2 Å². The topological polar surface area (TPSA) is 64.7 Å². The Bertz CT molecular complexity index is 719. The van der Waals surface area contributed by atoms with Gasteiger partial charge >= 0.3 is 12.1 Å². The standard InChI is InChI=1S/C21H26N4O2/c1-16-4-8-18(9-5-16)22-20(26)24-12-3-13-25(15-14-24)21(27)23-19-10-6-17(2)7-11-19/h4-11H,3,12-15H2,1-2H3,(H,22,26)(H,23,27). The van der Waals surface area contributed by atoms with Crippen molar-refractivity contribution in [1.29, 1.82) is 0 Å². The molecular weight excluding hydrogens is 340 g/mol. The maximum Gasteiger partial charge on any atom is 0.321 e. The molecule has 0 radical (unpaired) electrons. The molecule has 142 valence electrons. The molecule has 2 aromatic carbocycles. The summed E-state index contributed by atoms with van der Waals surface area (Å²) in [6, 6.07) is 15.2. The number of nitrogens with zero attached hydrogens (tertiary/aromatic N) is 2. The van der Waals surface area contributed by atoms with Crippen molar-refractivity contribution in [2.75, 3.05) is 36.8 Å². The highest BCUT2D eigenvalue weighted by Gasteiger charge is 2.22. The second kappa shape index (κ2) is 8.58. The molecule has 0 spiro atoms. The van der Waals surface area contributed by atoms with Gasteiger partial charge in [0.25, 0.3) is 0 Å². The zero-order valence-electron chi connectivity index (χ0n) is 15.9. The van der Waals surface area contributed by atoms with Gasteiger partial charge in [-0.1, -0.05) is 35.4 Å². The fourth-order valence-electron chi connectivity index (χ4n) is 3.00. The molecule has 1 aliphatic rings. The second-order valence-electron chi connectivity index (χ2n) is 6.92. The van der Waals surface area contributed by atoms with Gasteiger partial charge in [0.05, 0.1) is 0 Å². The van der Waals surface area contributed by atoms with Crippen molar-refractivity contribution < 1.29 is 9.59 Å². The average molecular weight is 366 g/mol. The summed E-state index contributed by atoms with van der Waals surface area (Å²) in [5.74, 6) is 0. The molecule has 1 saturated heterocycles. The summed E-state index contributed by atoms with van der Waals surface area (Å²) in [7, 11) is 0. The molecule has 2 N–H and O–H groups in total. The van der Waals surface area contributed by atoms with E-state index < -0.39 is 0 Å². The summed E-state index contributed by atoms with van der Waals surface area (Å²) in [6.45, 7) is 6.31. The van der Waals surface area contributed by atoms with Crippen molar-refractivity contribution in [3.8, 4) is 0 Å². The number of hydrogen-bond acceptors (Lipinski definition) is 2. The Kier molecular flexibility index (Phi) is 5.96. The first-order valence-corrected chi connectivity index (χ1v) is 9.26. The molecule has 2 aromatic rings. The van der Waals surface area contributed by atoms with Crippen LogP contribution in [0.1, 0.15) is 17.5 Å². The van der Waals surface area contributed by atoms with Crippen molar-refractivity contribution >= 4 is 23.4 Å². The van der Waals surface area contributed by atoms with E-state index in [1.165, 1.54) is 0 Å². The van der Waals surface area contributed by atoms with Gasteiger partial charge in [0.15, 0.2) is 0 Å². The molecule has 0 aliphatic carbocycles. The highest BCUT2D eigenvalue weighted by Crippen LogP contribution is 2.13. The van der Waals surface area contributed by atoms with Gasteiger partial charge in [0.1, 0.15) is 0 Å². The zero-order chi connectivity index (χ0) is 19.2. The first-order valence-electron chi connectivity index (χ1n) is 9.26. The highest BCUT2D eigenvalue weighted by atomic mass is 16.2. The smallest absolute Gasteiger partial charge is 0.321 e. The van der Waals surface area contributed by atoms with Crippen LogP contribution in [0.4, 0.5) is 21.0 Å². The molecule has 0 atom stereocenters. The highest BCUT2D eigenvalue weighted by molar-refractivity contribution is 5.90. The Morgan fingerprint density at radius 2 is 1.04 bits per heavy atom. The maximum atomic E-state index is 12.5. The number of hydrogen-bond donors (Lipinski definition) is 2. The van der Waals surface area contributed by atoms with Crippen LogP contribution in [-0.2, 0) is 0 Å². The third-order valence-electron chi connectivity index (χ3n) is 4.68. The Balaban J connectivity index is 1.53. The summed E-state index contributed by atoms with van der Waals surface area (Å²) in [5.41, 5.74) is 3.86. The van der Waals surface area contributed by atoms with Gasteiger partial charge in [-0.2, -0.15) is 0 Å². The number of amides is 4. The molecule has 1 fully saturated rings. The van der Waals surface area contributed by atoms with Crippen LogP contribution in [0.15, 0.2) is 48.5 Å². The van der Waals surface area contributed by atoms with Crippen LogP contribution in [0, 0.1) is 13.8 Å². The molecule has 3 rings (SSSR count). The van der Waals surface area contributed by atoms with Gasteiger partial charge in [-0.15, -0.1) is 0 Å². The van der Waals surface area contributed by atoms with Gasteiger partial charge < -0.3 is 20.4 Å². The third kappa shape index (κ3) is 5.23. The van der Waals surface area contributed by atoms with Crippen LogP contribution < -0.4 is 10.6 Å². The van der Waals surface area contributed by atoms with Crippen LogP contribution in [0.3, 0.4) is 0 Å². The van der Waals surface area contributed by atoms with E-state index in [1.54, 1.807) is 9.80 Å². The number of rotatable bonds is 2. The lowest BCUT2D eigenvalue weighted by molar-refractivity contribution is 0.205. The molecule has 0 unspecified atom stereocenters. The largest absolute Gasteiger partial charge is 0.323 e. The number of carbonyl (C=O) groups is 2. The quantitative estimate of drug-likeness (QED) is 0.841. The van der Waals surface area contributed by atoms with E-state index in [0.717, 1.165) is 28.9 Å². The number of anilines is 2. The van der Waals surface area contributed by atoms with Gasteiger partial charge in [0, 0.05) is 37.6 Å². The van der Waals surface area contributed by atoms with E-state index in [-0.39, 0.29) is 12.1 Å². The molecule has 4 amide bonds. The maximum absolute atomic E-state index is 12.5. The van der Waals surface area contributed by atoms with Crippen LogP contribution >= 0.6 is 0 Å². The first kappa shape index (κ1) is 18.8. The SMILES string of the molecule is Cc1ccc(NC(=O)N2CCCN(C(=O)Nc3ccc(C)cc3)CC2)cc1. The van der Waals surface area contributed by atoms with Crippen molar-refractivity contribution in [1.82, 2.24) is 9.80 Å². The summed E-state index contributed by atoms with van der Waals surface area (Å²) in [4.78, 5) is 28.5. The Hall–Kier alpha value is -3.02. The van der Waals surface area contributed by atoms with Gasteiger partial charge in [0.2, 0.25) is 0 Å². The van der Waals surface area contributed by atoms with Crippen LogP contribution in [0.5, 0.6) is 0 Å². The van der Waals surface area contributed by atoms with Crippen LogP contribution in [-0.4, -0.2) is 48.0 Å². The minimum Gasteiger partial charge on any atom is -0.323 e. The fraction of sp³-hybridized carbons (Fsp3) is 0.333. The van der Waals surface area contributed by atoms with Crippen molar-refractivity contribution in [2.24, 2.45) is 0 Å². The summed E-state index contributed by atoms with van der Waals surface area (Å²) in [5, 5.41) is 5.85. The van der Waals surface area contributed by atoms with Gasteiger partial charge in [-0.25, -0.2) is 9.59 Å². The lowest BCUT2D eigenvalue weighted by atomic mass is 10.2. The first-order chi connectivity index (χ1) is 13.0. The van der Waals surface area contributed by atoms with E-state index >= 15 is 0 Å². The van der Waals surface area contributed by atoms with Crippen molar-refractivity contribution in [3.63, 3.8) is 0 Å². The van der Waals surface area contributed by atoms with Crippen molar-refractivity contribution in [2.45, 2.75) is 20.3 Å². The molecule has 6 nitrogen and oxygen atoms in total. The predicted molar refractivity (Wildman–Crippen MR) is 108 cm³/mol. The van der Waals surface area contributed by atoms with Crippen LogP contribution in [0.25, 0.3) is 0 Å². The predicted octanol–water partition coefficient (Wildman–Crippen LogP) is 4.08. The van der Waals surface area contributed by atoms with Crippen LogP contribution in [0.2, 0.25) is 0 Å². The Morgan fingerprint density at radius 1 is 0.667 bits per heavy atom. The van der Waals surface area contributed by atoms with Gasteiger partial charge in [-0.05, 0) is 44.5 Å². The third-order valence-corrected chi connectivity index (χ3v) is 4.68. The summed E-state index contributed by atoms with van der Waals surface area (Å²) >= 11 is 0. The molecule has 1 aliphatic heterocycles. The number of nitrogens with one attached hydrogen (secondary N) is 2. The molecule has 1 heterocycles. The molecule has 0 saturated carbocycles. The Labute approximate surface area is 160 Å². The average Bonchev–Trinajstić information content (AvgIpc) is 2.92. The van der Waals surface area contributed by atoms with E-state index in [2.05, 4.69) is 10.6 Å². The minimum atomic E-state index is -0.125. The number of urea groups is 2. The van der Waals surface area contributed by atoms with E-state index in [4.69, 9.17) is 0 Å². The Morgan fingerprint density at radius 3 is 1.41 bits per heavy atom. The second-order valence-corrected chi connectivity index (χ2v) is 6.92. The lowest BCUT2D eigenvalue weighted by Gasteiger charge is -2.23. The minimum absolute atomic E-state index is 0.125.